The van der Waals surface area contributed by atoms with Crippen LogP contribution in [-0.4, -0.2) is 37.2 Å². The average molecular weight is 1080 g/mol. The molecule has 0 fully saturated rings. The fourth-order valence-electron chi connectivity index (χ4n) is 9.70. The maximum Gasteiger partial charge on any atom is 0.306 e. The standard InChI is InChI=1S/C71H126O6/c1-4-7-10-13-16-19-22-25-27-29-31-33-34-35-36-38-39-41-43-46-49-52-55-58-61-64-70(73)76-67-68(66-75-69(72)63-60-57-54-51-48-45-24-21-18-15-12-9-6-3)77-71(74)65-62-59-56-53-50-47-44-42-40-37-32-30-28-26-23-20-17-14-11-8-5-2/h7,10,16,19,25,27,30-33,35-36,68H,4-6,8-9,11-15,17-18,20-24,26,28-29,34,37-67H2,1-3H3/b10-7-,19-16-,27-25-,32-30-,33-31-,36-35-. The fourth-order valence-corrected chi connectivity index (χ4v) is 9.70. The predicted molar refractivity (Wildman–Crippen MR) is 335 cm³/mol. The number of hydrogen-bond acceptors (Lipinski definition) is 6. The molecule has 0 aliphatic rings. The van der Waals surface area contributed by atoms with E-state index in [1.54, 1.807) is 0 Å². The average Bonchev–Trinajstić information content (AvgIpc) is 3.43. The molecule has 0 radical (unpaired) electrons. The first-order valence-corrected chi connectivity index (χ1v) is 33.4. The minimum Gasteiger partial charge on any atom is -0.462 e. The molecular weight excluding hydrogens is 949 g/mol. The molecule has 0 heterocycles. The summed E-state index contributed by atoms with van der Waals surface area (Å²) in [4.78, 5) is 38.4. The molecule has 77 heavy (non-hydrogen) atoms. The van der Waals surface area contributed by atoms with Gasteiger partial charge >= 0.3 is 17.9 Å². The second-order valence-corrected chi connectivity index (χ2v) is 22.4. The molecule has 1 atom stereocenters. The number of esters is 3. The van der Waals surface area contributed by atoms with Crippen LogP contribution in [0.25, 0.3) is 0 Å². The number of unbranched alkanes of at least 4 members (excludes halogenated alkanes) is 38. The van der Waals surface area contributed by atoms with Gasteiger partial charge in [0.05, 0.1) is 0 Å². The summed E-state index contributed by atoms with van der Waals surface area (Å²) >= 11 is 0. The van der Waals surface area contributed by atoms with Crippen LogP contribution < -0.4 is 0 Å². The van der Waals surface area contributed by atoms with Gasteiger partial charge in [-0.3, -0.25) is 14.4 Å². The van der Waals surface area contributed by atoms with Crippen molar-refractivity contribution in [2.45, 2.75) is 348 Å². The molecule has 0 amide bonds. The highest BCUT2D eigenvalue weighted by Crippen LogP contribution is 2.17. The summed E-state index contributed by atoms with van der Waals surface area (Å²) < 4.78 is 17.0. The second-order valence-electron chi connectivity index (χ2n) is 22.4. The number of ether oxygens (including phenoxy) is 3. The number of carbonyl (C=O) groups excluding carboxylic acids is 3. The molecule has 0 aliphatic heterocycles. The Hall–Kier alpha value is -3.15. The third kappa shape index (κ3) is 63.6. The van der Waals surface area contributed by atoms with Crippen LogP contribution in [0.4, 0.5) is 0 Å². The van der Waals surface area contributed by atoms with Gasteiger partial charge in [0.1, 0.15) is 13.2 Å². The summed E-state index contributed by atoms with van der Waals surface area (Å²) in [7, 11) is 0. The number of hydrogen-bond donors (Lipinski definition) is 0. The molecule has 446 valence electrons. The Kier molecular flexibility index (Phi) is 62.7. The van der Waals surface area contributed by atoms with Crippen LogP contribution in [0.15, 0.2) is 72.9 Å². The number of carbonyl (C=O) groups is 3. The van der Waals surface area contributed by atoms with Gasteiger partial charge in [0.15, 0.2) is 6.10 Å². The van der Waals surface area contributed by atoms with Gasteiger partial charge in [0, 0.05) is 19.3 Å². The molecule has 0 aliphatic carbocycles. The van der Waals surface area contributed by atoms with Crippen molar-refractivity contribution in [1.29, 1.82) is 0 Å². The monoisotopic (exact) mass is 1070 g/mol. The van der Waals surface area contributed by atoms with Crippen LogP contribution in [0, 0.1) is 0 Å². The number of rotatable bonds is 61. The van der Waals surface area contributed by atoms with Crippen molar-refractivity contribution in [1.82, 2.24) is 0 Å². The Labute approximate surface area is 478 Å². The normalized spacial score (nSPS) is 12.5. The predicted octanol–water partition coefficient (Wildman–Crippen LogP) is 22.9. The lowest BCUT2D eigenvalue weighted by Crippen LogP contribution is -2.30. The van der Waals surface area contributed by atoms with Crippen molar-refractivity contribution < 1.29 is 28.6 Å². The van der Waals surface area contributed by atoms with Crippen LogP contribution in [0.3, 0.4) is 0 Å². The molecule has 6 nitrogen and oxygen atoms in total. The van der Waals surface area contributed by atoms with Gasteiger partial charge in [-0.15, -0.1) is 0 Å². The topological polar surface area (TPSA) is 78.9 Å². The molecule has 1 unspecified atom stereocenters. The van der Waals surface area contributed by atoms with E-state index in [0.717, 1.165) is 96.3 Å². The van der Waals surface area contributed by atoms with E-state index in [4.69, 9.17) is 14.2 Å². The fraction of sp³-hybridized carbons (Fsp3) is 0.789. The van der Waals surface area contributed by atoms with Crippen LogP contribution in [0.2, 0.25) is 0 Å². The van der Waals surface area contributed by atoms with E-state index in [1.807, 2.05) is 0 Å². The third-order valence-corrected chi connectivity index (χ3v) is 14.7. The smallest absolute Gasteiger partial charge is 0.306 e. The zero-order valence-electron chi connectivity index (χ0n) is 51.2. The lowest BCUT2D eigenvalue weighted by molar-refractivity contribution is -0.167. The van der Waals surface area contributed by atoms with E-state index in [-0.39, 0.29) is 31.1 Å². The Morgan fingerprint density at radius 2 is 0.506 bits per heavy atom. The first-order valence-electron chi connectivity index (χ1n) is 33.4. The molecule has 0 N–H and O–H groups in total. The van der Waals surface area contributed by atoms with Gasteiger partial charge in [-0.2, -0.15) is 0 Å². The summed E-state index contributed by atoms with van der Waals surface area (Å²) in [6.07, 6.45) is 84.8. The number of allylic oxidation sites excluding steroid dienone is 12. The van der Waals surface area contributed by atoms with Crippen molar-refractivity contribution in [3.05, 3.63) is 72.9 Å². The lowest BCUT2D eigenvalue weighted by atomic mass is 10.0. The van der Waals surface area contributed by atoms with Crippen molar-refractivity contribution >= 4 is 17.9 Å². The van der Waals surface area contributed by atoms with Crippen LogP contribution in [0.5, 0.6) is 0 Å². The molecule has 6 heteroatoms. The van der Waals surface area contributed by atoms with Crippen molar-refractivity contribution in [2.24, 2.45) is 0 Å². The maximum absolute atomic E-state index is 12.9. The van der Waals surface area contributed by atoms with Crippen molar-refractivity contribution in [2.75, 3.05) is 13.2 Å². The van der Waals surface area contributed by atoms with Crippen molar-refractivity contribution in [3.8, 4) is 0 Å². The summed E-state index contributed by atoms with van der Waals surface area (Å²) in [5.74, 6) is -0.864. The van der Waals surface area contributed by atoms with Gasteiger partial charge in [-0.25, -0.2) is 0 Å². The van der Waals surface area contributed by atoms with E-state index in [2.05, 4.69) is 93.7 Å². The molecule has 0 spiro atoms. The minimum absolute atomic E-state index is 0.0741. The SMILES string of the molecule is CC/C=C\C/C=C\C/C=C\C/C=C\C/C=C\CCCCCCCCCCCC(=O)OCC(COC(=O)CCCCCCCCCCCCCCC)OC(=O)CCCCCCCCCCC/C=C\CCCCCCCCCC. The molecule has 0 saturated carbocycles. The molecular formula is C71H126O6. The second kappa shape index (κ2) is 65.4. The summed E-state index contributed by atoms with van der Waals surface area (Å²) in [5, 5.41) is 0. The summed E-state index contributed by atoms with van der Waals surface area (Å²) in [5.41, 5.74) is 0. The molecule has 0 bridgehead atoms. The first-order chi connectivity index (χ1) is 38.0. The minimum atomic E-state index is -0.778. The summed E-state index contributed by atoms with van der Waals surface area (Å²) in [6, 6.07) is 0. The van der Waals surface area contributed by atoms with Crippen LogP contribution >= 0.6 is 0 Å². The Bertz CT molecular complexity index is 1420. The molecule has 0 saturated heterocycles. The van der Waals surface area contributed by atoms with E-state index in [1.165, 1.54) is 205 Å². The zero-order valence-corrected chi connectivity index (χ0v) is 51.2. The quantitative estimate of drug-likeness (QED) is 0.0261. The van der Waals surface area contributed by atoms with E-state index >= 15 is 0 Å². The van der Waals surface area contributed by atoms with Gasteiger partial charge in [0.25, 0.3) is 0 Å². The van der Waals surface area contributed by atoms with Crippen molar-refractivity contribution in [3.63, 3.8) is 0 Å². The largest absolute Gasteiger partial charge is 0.462 e. The molecule has 0 rings (SSSR count). The van der Waals surface area contributed by atoms with Gasteiger partial charge < -0.3 is 14.2 Å². The Balaban J connectivity index is 4.31. The highest BCUT2D eigenvalue weighted by atomic mass is 16.6. The first kappa shape index (κ1) is 73.8. The molecule has 0 aromatic carbocycles. The summed E-state index contributed by atoms with van der Waals surface area (Å²) in [6.45, 7) is 6.57. The van der Waals surface area contributed by atoms with E-state index in [0.29, 0.717) is 19.3 Å². The lowest BCUT2D eigenvalue weighted by Gasteiger charge is -2.18. The van der Waals surface area contributed by atoms with E-state index < -0.39 is 6.10 Å². The molecule has 0 aromatic heterocycles. The zero-order chi connectivity index (χ0) is 55.7. The Morgan fingerprint density at radius 3 is 0.805 bits per heavy atom. The Morgan fingerprint density at radius 1 is 0.273 bits per heavy atom. The van der Waals surface area contributed by atoms with Crippen LogP contribution in [-0.2, 0) is 28.6 Å². The third-order valence-electron chi connectivity index (χ3n) is 14.7. The highest BCUT2D eigenvalue weighted by molar-refractivity contribution is 5.71. The van der Waals surface area contributed by atoms with Crippen LogP contribution in [0.1, 0.15) is 342 Å². The highest BCUT2D eigenvalue weighted by Gasteiger charge is 2.19. The maximum atomic E-state index is 12.9. The van der Waals surface area contributed by atoms with Gasteiger partial charge in [0.2, 0.25) is 0 Å². The van der Waals surface area contributed by atoms with Gasteiger partial charge in [-0.05, 0) is 89.9 Å². The van der Waals surface area contributed by atoms with E-state index in [9.17, 15) is 14.4 Å². The van der Waals surface area contributed by atoms with Gasteiger partial charge in [-0.1, -0.05) is 306 Å². The molecule has 0 aromatic rings.